The number of fused-ring (bicyclic) bond motifs is 1. The van der Waals surface area contributed by atoms with Crippen LogP contribution in [0.4, 0.5) is 0 Å². The Morgan fingerprint density at radius 3 is 2.55 bits per heavy atom. The summed E-state index contributed by atoms with van der Waals surface area (Å²) < 4.78 is 2.23. The van der Waals surface area contributed by atoms with Crippen molar-refractivity contribution in [2.24, 2.45) is 7.05 Å². The second kappa shape index (κ2) is 8.58. The van der Waals surface area contributed by atoms with Gasteiger partial charge in [-0.25, -0.2) is 4.98 Å². The Labute approximate surface area is 184 Å². The molecule has 0 unspecified atom stereocenters. The van der Waals surface area contributed by atoms with E-state index >= 15 is 0 Å². The van der Waals surface area contributed by atoms with Crippen molar-refractivity contribution < 1.29 is 0 Å². The van der Waals surface area contributed by atoms with E-state index in [9.17, 15) is 0 Å². The van der Waals surface area contributed by atoms with Gasteiger partial charge in [0.15, 0.2) is 0 Å². The summed E-state index contributed by atoms with van der Waals surface area (Å²) in [5.41, 5.74) is 6.41. The lowest BCUT2D eigenvalue weighted by Gasteiger charge is -2.42. The Morgan fingerprint density at radius 2 is 1.71 bits per heavy atom. The van der Waals surface area contributed by atoms with E-state index in [1.54, 1.807) is 0 Å². The molecule has 0 radical (unpaired) electrons. The minimum absolute atomic E-state index is 0.820. The fourth-order valence-corrected chi connectivity index (χ4v) is 4.74. The number of para-hydroxylation sites is 2. The molecule has 0 bridgehead atoms. The Kier molecular flexibility index (Phi) is 5.50. The zero-order valence-corrected chi connectivity index (χ0v) is 18.4. The first-order valence-corrected chi connectivity index (χ1v) is 11.0. The molecule has 0 spiro atoms. The summed E-state index contributed by atoms with van der Waals surface area (Å²) in [5, 5.41) is 0. The van der Waals surface area contributed by atoms with Gasteiger partial charge in [0.05, 0.1) is 30.8 Å². The highest BCUT2D eigenvalue weighted by molar-refractivity contribution is 5.75. The van der Waals surface area contributed by atoms with Crippen molar-refractivity contribution in [2.45, 2.75) is 13.0 Å². The topological polar surface area (TPSA) is 27.5 Å². The molecule has 0 fully saturated rings. The van der Waals surface area contributed by atoms with Crippen molar-refractivity contribution in [3.05, 3.63) is 77.3 Å². The van der Waals surface area contributed by atoms with Crippen LogP contribution in [0.3, 0.4) is 0 Å². The number of hydrogen-bond donors (Lipinski definition) is 0. The van der Waals surface area contributed by atoms with Gasteiger partial charge in [0, 0.05) is 51.4 Å². The molecule has 3 aromatic rings. The fraction of sp³-hybridized carbons (Fsp3) is 0.346. The van der Waals surface area contributed by atoms with Gasteiger partial charge in [-0.15, -0.1) is 0 Å². The van der Waals surface area contributed by atoms with E-state index in [1.807, 2.05) is 18.2 Å². The van der Waals surface area contributed by atoms with Crippen molar-refractivity contribution in [3.63, 3.8) is 0 Å². The lowest BCUT2D eigenvalue weighted by atomic mass is 10.0. The van der Waals surface area contributed by atoms with Gasteiger partial charge in [-0.1, -0.05) is 42.2 Å². The van der Waals surface area contributed by atoms with Gasteiger partial charge in [0.25, 0.3) is 0 Å². The van der Waals surface area contributed by atoms with Crippen LogP contribution in [0.1, 0.15) is 17.8 Å². The van der Waals surface area contributed by atoms with E-state index in [0.29, 0.717) is 0 Å². The molecular formula is C26H29N5. The van der Waals surface area contributed by atoms with Crippen LogP contribution in [0.2, 0.25) is 0 Å². The van der Waals surface area contributed by atoms with E-state index in [0.717, 1.165) is 62.7 Å². The highest BCUT2D eigenvalue weighted by atomic mass is 15.3. The lowest BCUT2D eigenvalue weighted by molar-refractivity contribution is 0.134. The molecule has 0 aliphatic carbocycles. The summed E-state index contributed by atoms with van der Waals surface area (Å²) in [7, 11) is 4.35. The Morgan fingerprint density at radius 1 is 0.935 bits per heavy atom. The number of benzene rings is 2. The number of aryl methyl sites for hydroxylation is 1. The van der Waals surface area contributed by atoms with Crippen LogP contribution in [-0.2, 0) is 13.6 Å². The van der Waals surface area contributed by atoms with E-state index in [4.69, 9.17) is 4.98 Å². The smallest absolute Gasteiger partial charge is 0.123 e. The quantitative estimate of drug-likeness (QED) is 0.618. The van der Waals surface area contributed by atoms with Crippen LogP contribution in [0.25, 0.3) is 11.0 Å². The second-order valence-corrected chi connectivity index (χ2v) is 8.58. The van der Waals surface area contributed by atoms with E-state index < -0.39 is 0 Å². The zero-order valence-electron chi connectivity index (χ0n) is 18.4. The summed E-state index contributed by atoms with van der Waals surface area (Å²) in [6, 6.07) is 18.6. The molecular weight excluding hydrogens is 382 g/mol. The lowest BCUT2D eigenvalue weighted by Crippen LogP contribution is -2.47. The minimum atomic E-state index is 0.820. The van der Waals surface area contributed by atoms with Crippen LogP contribution in [0.5, 0.6) is 0 Å². The highest BCUT2D eigenvalue weighted by Gasteiger charge is 2.28. The average molecular weight is 412 g/mol. The largest absolute Gasteiger partial charge is 0.365 e. The van der Waals surface area contributed by atoms with Crippen molar-refractivity contribution in [3.8, 4) is 11.8 Å². The highest BCUT2D eigenvalue weighted by Crippen LogP contribution is 2.26. The van der Waals surface area contributed by atoms with Crippen molar-refractivity contribution >= 4 is 11.0 Å². The molecule has 3 heterocycles. The summed E-state index contributed by atoms with van der Waals surface area (Å²) in [5.74, 6) is 7.78. The Balaban J connectivity index is 1.26. The first-order chi connectivity index (χ1) is 15.2. The first kappa shape index (κ1) is 19.9. The predicted octanol–water partition coefficient (Wildman–Crippen LogP) is 3.29. The fourth-order valence-electron chi connectivity index (χ4n) is 4.74. The third kappa shape index (κ3) is 4.23. The van der Waals surface area contributed by atoms with Crippen LogP contribution < -0.4 is 0 Å². The first-order valence-electron chi connectivity index (χ1n) is 11.0. The maximum Gasteiger partial charge on any atom is 0.123 e. The van der Waals surface area contributed by atoms with Gasteiger partial charge < -0.3 is 9.47 Å². The van der Waals surface area contributed by atoms with E-state index in [1.165, 1.54) is 16.8 Å². The van der Waals surface area contributed by atoms with Crippen molar-refractivity contribution in [1.82, 2.24) is 24.3 Å². The molecule has 2 aliphatic heterocycles. The maximum atomic E-state index is 4.88. The third-order valence-electron chi connectivity index (χ3n) is 6.33. The van der Waals surface area contributed by atoms with Crippen LogP contribution in [0.15, 0.2) is 65.9 Å². The standard InChI is InChI=1S/C26H29N5/c1-28-20-31(19-26-27-23-12-6-7-13-25(23)29(26)2)18-22-17-30(16-14-24(22)28)15-8-11-21-9-4-3-5-10-21/h3-7,9-10,12-13H,14-20H2,1-2H3. The van der Waals surface area contributed by atoms with Crippen molar-refractivity contribution in [2.75, 3.05) is 39.9 Å². The minimum Gasteiger partial charge on any atom is -0.365 e. The molecule has 2 aliphatic rings. The SMILES string of the molecule is CN1CN(Cc2nc3ccccc3n2C)CC2=C1CCN(CC#Cc1ccccc1)C2. The summed E-state index contributed by atoms with van der Waals surface area (Å²) in [6.07, 6.45) is 1.11. The van der Waals surface area contributed by atoms with Gasteiger partial charge in [0.1, 0.15) is 5.82 Å². The van der Waals surface area contributed by atoms with E-state index in [-0.39, 0.29) is 0 Å². The molecule has 0 amide bonds. The van der Waals surface area contributed by atoms with Crippen LogP contribution in [0, 0.1) is 11.8 Å². The van der Waals surface area contributed by atoms with Gasteiger partial charge in [0.2, 0.25) is 0 Å². The van der Waals surface area contributed by atoms with E-state index in [2.05, 4.69) is 81.6 Å². The molecule has 2 aromatic carbocycles. The normalized spacial score (nSPS) is 17.5. The summed E-state index contributed by atoms with van der Waals surface area (Å²) >= 11 is 0. The average Bonchev–Trinajstić information content (AvgIpc) is 3.10. The number of hydrogen-bond acceptors (Lipinski definition) is 4. The molecule has 1 aromatic heterocycles. The van der Waals surface area contributed by atoms with Gasteiger partial charge in [-0.2, -0.15) is 0 Å². The third-order valence-corrected chi connectivity index (χ3v) is 6.33. The van der Waals surface area contributed by atoms with Crippen molar-refractivity contribution in [1.29, 1.82) is 0 Å². The molecule has 0 saturated heterocycles. The Hall–Kier alpha value is -3.07. The molecule has 5 nitrogen and oxygen atoms in total. The molecule has 0 saturated carbocycles. The molecule has 5 heteroatoms. The Bertz CT molecular complexity index is 1160. The van der Waals surface area contributed by atoms with Gasteiger partial charge >= 0.3 is 0 Å². The summed E-state index contributed by atoms with van der Waals surface area (Å²) in [4.78, 5) is 12.3. The second-order valence-electron chi connectivity index (χ2n) is 8.58. The molecule has 5 rings (SSSR count). The number of nitrogens with zero attached hydrogens (tertiary/aromatic N) is 5. The van der Waals surface area contributed by atoms with Crippen LogP contribution in [-0.4, -0.2) is 64.1 Å². The number of aromatic nitrogens is 2. The molecule has 31 heavy (non-hydrogen) atoms. The van der Waals surface area contributed by atoms with Gasteiger partial charge in [-0.3, -0.25) is 9.80 Å². The van der Waals surface area contributed by atoms with Crippen LogP contribution >= 0.6 is 0 Å². The molecule has 0 atom stereocenters. The maximum absolute atomic E-state index is 4.88. The number of rotatable bonds is 3. The molecule has 158 valence electrons. The molecule has 0 N–H and O–H groups in total. The summed E-state index contributed by atoms with van der Waals surface area (Å²) in [6.45, 7) is 5.72. The number of imidazole rings is 1. The predicted molar refractivity (Wildman–Crippen MR) is 125 cm³/mol. The van der Waals surface area contributed by atoms with Gasteiger partial charge in [-0.05, 0) is 29.8 Å². The zero-order chi connectivity index (χ0) is 21.2. The monoisotopic (exact) mass is 411 g/mol.